The molecule has 1 aromatic rings. The van der Waals surface area contributed by atoms with Gasteiger partial charge >= 0.3 is 0 Å². The third-order valence-electron chi connectivity index (χ3n) is 3.96. The molecule has 0 unspecified atom stereocenters. The van der Waals surface area contributed by atoms with Crippen LogP contribution in [0.5, 0.6) is 0 Å². The lowest BCUT2D eigenvalue weighted by Gasteiger charge is -2.26. The summed E-state index contributed by atoms with van der Waals surface area (Å²) in [6.07, 6.45) is 0. The Hall–Kier alpha value is -1.97. The summed E-state index contributed by atoms with van der Waals surface area (Å²) >= 11 is 0. The summed E-state index contributed by atoms with van der Waals surface area (Å²) in [4.78, 5) is 25.4. The molecule has 2 rings (SSSR count). The SMILES string of the molecule is Cc1ccc(S(=O)(=O)N2CCOCC2)cc1C(=O)NCC(=O)N(C)C. The van der Waals surface area contributed by atoms with E-state index >= 15 is 0 Å². The average Bonchev–Trinajstić information content (AvgIpc) is 2.60. The highest BCUT2D eigenvalue weighted by molar-refractivity contribution is 7.89. The maximum atomic E-state index is 12.7. The van der Waals surface area contributed by atoms with E-state index < -0.39 is 15.9 Å². The van der Waals surface area contributed by atoms with Gasteiger partial charge in [0.25, 0.3) is 5.91 Å². The molecule has 25 heavy (non-hydrogen) atoms. The molecule has 1 aromatic carbocycles. The van der Waals surface area contributed by atoms with E-state index in [1.54, 1.807) is 27.1 Å². The van der Waals surface area contributed by atoms with Crippen LogP contribution in [0.25, 0.3) is 0 Å². The van der Waals surface area contributed by atoms with Crippen LogP contribution < -0.4 is 5.32 Å². The smallest absolute Gasteiger partial charge is 0.252 e. The monoisotopic (exact) mass is 369 g/mol. The molecular formula is C16H23N3O5S. The zero-order valence-corrected chi connectivity index (χ0v) is 15.4. The predicted octanol–water partition coefficient (Wildman–Crippen LogP) is -0.166. The molecule has 1 aliphatic rings. The maximum Gasteiger partial charge on any atom is 0.252 e. The lowest BCUT2D eigenvalue weighted by Crippen LogP contribution is -2.40. The van der Waals surface area contributed by atoms with Gasteiger partial charge in [-0.1, -0.05) is 6.07 Å². The van der Waals surface area contributed by atoms with E-state index in [1.807, 2.05) is 0 Å². The number of benzene rings is 1. The highest BCUT2D eigenvalue weighted by Crippen LogP contribution is 2.20. The van der Waals surface area contributed by atoms with Gasteiger partial charge in [0.1, 0.15) is 0 Å². The van der Waals surface area contributed by atoms with Gasteiger partial charge in [-0.2, -0.15) is 4.31 Å². The van der Waals surface area contributed by atoms with Gasteiger partial charge < -0.3 is 15.0 Å². The molecule has 0 radical (unpaired) electrons. The van der Waals surface area contributed by atoms with Crippen molar-refractivity contribution in [2.24, 2.45) is 0 Å². The molecular weight excluding hydrogens is 346 g/mol. The molecule has 1 aliphatic heterocycles. The van der Waals surface area contributed by atoms with E-state index in [9.17, 15) is 18.0 Å². The molecule has 138 valence electrons. The number of sulfonamides is 1. The number of amides is 2. The van der Waals surface area contributed by atoms with Gasteiger partial charge in [-0.15, -0.1) is 0 Å². The summed E-state index contributed by atoms with van der Waals surface area (Å²) in [5.74, 6) is -0.727. The average molecular weight is 369 g/mol. The Morgan fingerprint density at radius 1 is 1.24 bits per heavy atom. The van der Waals surface area contributed by atoms with E-state index in [0.29, 0.717) is 18.8 Å². The summed E-state index contributed by atoms with van der Waals surface area (Å²) in [6.45, 7) is 2.85. The fourth-order valence-electron chi connectivity index (χ4n) is 2.35. The van der Waals surface area contributed by atoms with Crippen LogP contribution in [0.3, 0.4) is 0 Å². The Morgan fingerprint density at radius 3 is 2.48 bits per heavy atom. The van der Waals surface area contributed by atoms with Gasteiger partial charge in [0.05, 0.1) is 24.7 Å². The number of rotatable bonds is 5. The number of nitrogens with one attached hydrogen (secondary N) is 1. The van der Waals surface area contributed by atoms with Crippen molar-refractivity contribution in [3.05, 3.63) is 29.3 Å². The van der Waals surface area contributed by atoms with Crippen LogP contribution in [0, 0.1) is 6.92 Å². The van der Waals surface area contributed by atoms with Crippen molar-refractivity contribution < 1.29 is 22.7 Å². The molecule has 1 saturated heterocycles. The number of likely N-dealkylation sites (N-methyl/N-ethyl adjacent to an activating group) is 1. The summed E-state index contributed by atoms with van der Waals surface area (Å²) in [5, 5.41) is 2.52. The Bertz CT molecular complexity index is 755. The molecule has 1 N–H and O–H groups in total. The van der Waals surface area contributed by atoms with Crippen LogP contribution in [0.15, 0.2) is 23.1 Å². The highest BCUT2D eigenvalue weighted by Gasteiger charge is 2.27. The van der Waals surface area contributed by atoms with Crippen LogP contribution in [-0.4, -0.2) is 76.4 Å². The first-order valence-corrected chi connectivity index (χ1v) is 9.34. The molecule has 1 heterocycles. The van der Waals surface area contributed by atoms with E-state index in [2.05, 4.69) is 5.32 Å². The van der Waals surface area contributed by atoms with Crippen molar-refractivity contribution >= 4 is 21.8 Å². The molecule has 0 atom stereocenters. The zero-order chi connectivity index (χ0) is 18.6. The third kappa shape index (κ3) is 4.56. The van der Waals surface area contributed by atoms with Crippen molar-refractivity contribution in [1.82, 2.24) is 14.5 Å². The number of morpholine rings is 1. The van der Waals surface area contributed by atoms with Crippen LogP contribution in [0.2, 0.25) is 0 Å². The van der Waals surface area contributed by atoms with Crippen LogP contribution >= 0.6 is 0 Å². The van der Waals surface area contributed by atoms with Crippen LogP contribution in [0.4, 0.5) is 0 Å². The van der Waals surface area contributed by atoms with Gasteiger partial charge in [0.15, 0.2) is 0 Å². The standard InChI is InChI=1S/C16H23N3O5S/c1-12-4-5-13(25(22,23)19-6-8-24-9-7-19)10-14(12)16(21)17-11-15(20)18(2)3/h4-5,10H,6-9,11H2,1-3H3,(H,17,21). The van der Waals surface area contributed by atoms with Crippen molar-refractivity contribution in [2.75, 3.05) is 46.9 Å². The predicted molar refractivity (Wildman–Crippen MR) is 91.8 cm³/mol. The number of ether oxygens (including phenoxy) is 1. The minimum absolute atomic E-state index is 0.0593. The highest BCUT2D eigenvalue weighted by atomic mass is 32.2. The number of hydrogen-bond donors (Lipinski definition) is 1. The molecule has 0 aromatic heterocycles. The molecule has 0 aliphatic carbocycles. The molecule has 0 spiro atoms. The van der Waals surface area contributed by atoms with E-state index in [-0.39, 0.29) is 36.0 Å². The quantitative estimate of drug-likeness (QED) is 0.778. The normalized spacial score (nSPS) is 15.6. The molecule has 2 amide bonds. The fraction of sp³-hybridized carbons (Fsp3) is 0.500. The third-order valence-corrected chi connectivity index (χ3v) is 5.86. The minimum Gasteiger partial charge on any atom is -0.379 e. The number of hydrogen-bond acceptors (Lipinski definition) is 5. The van der Waals surface area contributed by atoms with Crippen molar-refractivity contribution in [3.8, 4) is 0 Å². The Kier molecular flexibility index (Phi) is 6.15. The summed E-state index contributed by atoms with van der Waals surface area (Å²) in [6, 6.07) is 4.44. The summed E-state index contributed by atoms with van der Waals surface area (Å²) < 4.78 is 31.9. The van der Waals surface area contributed by atoms with Crippen LogP contribution in [-0.2, 0) is 19.6 Å². The Morgan fingerprint density at radius 2 is 1.88 bits per heavy atom. The van der Waals surface area contributed by atoms with Gasteiger partial charge in [-0.25, -0.2) is 8.42 Å². The summed E-state index contributed by atoms with van der Waals surface area (Å²) in [5.41, 5.74) is 0.872. The minimum atomic E-state index is -3.68. The number of aryl methyl sites for hydroxylation is 1. The lowest BCUT2D eigenvalue weighted by atomic mass is 10.1. The Labute approximate surface area is 147 Å². The Balaban J connectivity index is 2.22. The van der Waals surface area contributed by atoms with Crippen molar-refractivity contribution in [2.45, 2.75) is 11.8 Å². The van der Waals surface area contributed by atoms with Gasteiger partial charge in [0.2, 0.25) is 15.9 Å². The maximum absolute atomic E-state index is 12.7. The van der Waals surface area contributed by atoms with E-state index in [0.717, 1.165) is 0 Å². The van der Waals surface area contributed by atoms with Crippen molar-refractivity contribution in [1.29, 1.82) is 0 Å². The first-order chi connectivity index (χ1) is 11.7. The second kappa shape index (κ2) is 7.94. The van der Waals surface area contributed by atoms with E-state index in [4.69, 9.17) is 4.74 Å². The molecule has 8 nitrogen and oxygen atoms in total. The first-order valence-electron chi connectivity index (χ1n) is 7.90. The van der Waals surface area contributed by atoms with E-state index in [1.165, 1.54) is 21.3 Å². The zero-order valence-electron chi connectivity index (χ0n) is 14.6. The molecule has 1 fully saturated rings. The number of nitrogens with zero attached hydrogens (tertiary/aromatic N) is 2. The number of carbonyl (C=O) groups excluding carboxylic acids is 2. The molecule has 9 heteroatoms. The van der Waals surface area contributed by atoms with Crippen LogP contribution in [0.1, 0.15) is 15.9 Å². The number of carbonyl (C=O) groups is 2. The van der Waals surface area contributed by atoms with Gasteiger partial charge in [-0.05, 0) is 24.6 Å². The lowest BCUT2D eigenvalue weighted by molar-refractivity contribution is -0.127. The fourth-order valence-corrected chi connectivity index (χ4v) is 3.79. The second-order valence-corrected chi connectivity index (χ2v) is 7.90. The topological polar surface area (TPSA) is 96.0 Å². The molecule has 0 saturated carbocycles. The first kappa shape index (κ1) is 19.4. The summed E-state index contributed by atoms with van der Waals surface area (Å²) in [7, 11) is -0.496. The molecule has 0 bridgehead atoms. The van der Waals surface area contributed by atoms with Gasteiger partial charge in [0, 0.05) is 32.7 Å². The second-order valence-electron chi connectivity index (χ2n) is 5.96. The van der Waals surface area contributed by atoms with Gasteiger partial charge in [-0.3, -0.25) is 9.59 Å². The van der Waals surface area contributed by atoms with Crippen molar-refractivity contribution in [3.63, 3.8) is 0 Å². The largest absolute Gasteiger partial charge is 0.379 e.